The van der Waals surface area contributed by atoms with Crippen molar-refractivity contribution in [3.63, 3.8) is 0 Å². The number of aliphatic hydroxyl groups is 1. The molecule has 27 heavy (non-hydrogen) atoms. The van der Waals surface area contributed by atoms with Crippen molar-refractivity contribution >= 4 is 17.7 Å². The van der Waals surface area contributed by atoms with E-state index in [1.54, 1.807) is 0 Å². The number of aromatic hydroxyl groups is 4. The van der Waals surface area contributed by atoms with Crippen LogP contribution in [0.4, 0.5) is 0 Å². The molecule has 0 aromatic heterocycles. The van der Waals surface area contributed by atoms with Crippen LogP contribution in [0.1, 0.15) is 22.5 Å². The molecule has 0 radical (unpaired) electrons. The molecule has 1 aliphatic heterocycles. The molecule has 144 valence electrons. The standard InChI is InChI=1S/C18H18O8S/c1-25-14(23)7-27-18-15-12(22)5-9(19)6-13(15)26-17(16(18)24)8-2-3-10(20)11(21)4-8/h2-6,16-22,24H,7H2,1H3/t16-,17+,18-/m0/s1. The number of esters is 1. The molecule has 0 aliphatic carbocycles. The summed E-state index contributed by atoms with van der Waals surface area (Å²) in [5, 5.41) is 49.3. The van der Waals surface area contributed by atoms with E-state index in [0.29, 0.717) is 5.56 Å². The van der Waals surface area contributed by atoms with Crippen molar-refractivity contribution in [2.45, 2.75) is 17.5 Å². The molecule has 1 aliphatic rings. The summed E-state index contributed by atoms with van der Waals surface area (Å²) in [6, 6.07) is 6.39. The van der Waals surface area contributed by atoms with Gasteiger partial charge in [-0.15, -0.1) is 11.8 Å². The van der Waals surface area contributed by atoms with Crippen LogP contribution < -0.4 is 4.74 Å². The van der Waals surface area contributed by atoms with Gasteiger partial charge in [-0.05, 0) is 17.7 Å². The summed E-state index contributed by atoms with van der Waals surface area (Å²) in [6.45, 7) is 0. The van der Waals surface area contributed by atoms with Gasteiger partial charge in [0.15, 0.2) is 17.6 Å². The summed E-state index contributed by atoms with van der Waals surface area (Å²) in [6.07, 6.45) is -2.17. The zero-order valence-corrected chi connectivity index (χ0v) is 15.0. The third-order valence-corrected chi connectivity index (χ3v) is 5.48. The van der Waals surface area contributed by atoms with Gasteiger partial charge in [0.1, 0.15) is 23.4 Å². The van der Waals surface area contributed by atoms with Gasteiger partial charge in [-0.1, -0.05) is 6.07 Å². The number of carbonyl (C=O) groups is 1. The van der Waals surface area contributed by atoms with Crippen molar-refractivity contribution in [1.82, 2.24) is 0 Å². The fourth-order valence-corrected chi connectivity index (χ4v) is 4.08. The first kappa shape index (κ1) is 19.0. The highest BCUT2D eigenvalue weighted by Crippen LogP contribution is 2.52. The summed E-state index contributed by atoms with van der Waals surface area (Å²) >= 11 is 1.05. The van der Waals surface area contributed by atoms with Gasteiger partial charge in [-0.25, -0.2) is 0 Å². The van der Waals surface area contributed by atoms with E-state index in [0.717, 1.165) is 17.8 Å². The predicted molar refractivity (Wildman–Crippen MR) is 96.1 cm³/mol. The number of fused-ring (bicyclic) bond motifs is 1. The molecular formula is C18H18O8S. The Morgan fingerprint density at radius 3 is 2.52 bits per heavy atom. The minimum absolute atomic E-state index is 0.0778. The molecule has 1 heterocycles. The van der Waals surface area contributed by atoms with E-state index in [1.165, 1.54) is 31.4 Å². The number of benzene rings is 2. The first-order chi connectivity index (χ1) is 12.8. The van der Waals surface area contributed by atoms with E-state index in [4.69, 9.17) is 4.74 Å². The number of aliphatic hydroxyl groups excluding tert-OH is 1. The number of carbonyl (C=O) groups excluding carboxylic acids is 1. The molecule has 0 amide bonds. The van der Waals surface area contributed by atoms with E-state index in [-0.39, 0.29) is 40.1 Å². The number of methoxy groups -OCH3 is 1. The van der Waals surface area contributed by atoms with Crippen molar-refractivity contribution < 1.29 is 39.8 Å². The average molecular weight is 394 g/mol. The van der Waals surface area contributed by atoms with E-state index in [2.05, 4.69) is 4.74 Å². The second-order valence-corrected chi connectivity index (χ2v) is 7.09. The summed E-state index contributed by atoms with van der Waals surface area (Å²) < 4.78 is 10.4. The molecule has 3 atom stereocenters. The Bertz CT molecular complexity index is 869. The van der Waals surface area contributed by atoms with Crippen molar-refractivity contribution in [2.24, 2.45) is 0 Å². The highest BCUT2D eigenvalue weighted by molar-refractivity contribution is 8.00. The van der Waals surface area contributed by atoms with Gasteiger partial charge in [0.25, 0.3) is 0 Å². The van der Waals surface area contributed by atoms with Crippen LogP contribution in [-0.2, 0) is 9.53 Å². The van der Waals surface area contributed by atoms with Crippen LogP contribution >= 0.6 is 11.8 Å². The maximum Gasteiger partial charge on any atom is 0.315 e. The number of hydrogen-bond donors (Lipinski definition) is 5. The van der Waals surface area contributed by atoms with E-state index < -0.39 is 23.4 Å². The highest BCUT2D eigenvalue weighted by Gasteiger charge is 2.41. The molecule has 2 aromatic carbocycles. The molecule has 0 saturated carbocycles. The summed E-state index contributed by atoms with van der Waals surface area (Å²) in [5.41, 5.74) is 0.614. The van der Waals surface area contributed by atoms with Gasteiger partial charge in [0.2, 0.25) is 0 Å². The third-order valence-electron chi connectivity index (χ3n) is 4.20. The van der Waals surface area contributed by atoms with Gasteiger partial charge in [0.05, 0.1) is 23.7 Å². The maximum absolute atomic E-state index is 11.5. The maximum atomic E-state index is 11.5. The van der Waals surface area contributed by atoms with Crippen molar-refractivity contribution in [3.8, 4) is 28.7 Å². The van der Waals surface area contributed by atoms with Gasteiger partial charge in [-0.2, -0.15) is 0 Å². The monoisotopic (exact) mass is 394 g/mol. The lowest BCUT2D eigenvalue weighted by Gasteiger charge is -2.37. The predicted octanol–water partition coefficient (Wildman–Crippen LogP) is 1.95. The van der Waals surface area contributed by atoms with Gasteiger partial charge in [0, 0.05) is 12.1 Å². The largest absolute Gasteiger partial charge is 0.508 e. The molecule has 8 nitrogen and oxygen atoms in total. The van der Waals surface area contributed by atoms with Crippen molar-refractivity contribution in [3.05, 3.63) is 41.5 Å². The molecule has 0 bridgehead atoms. The van der Waals surface area contributed by atoms with Crippen LogP contribution in [0.25, 0.3) is 0 Å². The quantitative estimate of drug-likeness (QED) is 0.389. The zero-order chi connectivity index (χ0) is 19.7. The SMILES string of the molecule is COC(=O)CS[C@H]1c2c(O)cc(O)cc2O[C@H](c2ccc(O)c(O)c2)[C@@H]1O. The van der Waals surface area contributed by atoms with Crippen LogP contribution in [0.2, 0.25) is 0 Å². The average Bonchev–Trinajstić information content (AvgIpc) is 2.62. The summed E-state index contributed by atoms with van der Waals surface area (Å²) in [4.78, 5) is 11.5. The molecule has 5 N–H and O–H groups in total. The van der Waals surface area contributed by atoms with E-state index >= 15 is 0 Å². The molecule has 0 saturated heterocycles. The number of thioether (sulfide) groups is 1. The Morgan fingerprint density at radius 2 is 1.85 bits per heavy atom. The first-order valence-electron chi connectivity index (χ1n) is 7.92. The van der Waals surface area contributed by atoms with Crippen LogP contribution in [0, 0.1) is 0 Å². The Morgan fingerprint density at radius 1 is 1.11 bits per heavy atom. The number of phenolic OH excluding ortho intramolecular Hbond substituents is 4. The van der Waals surface area contributed by atoms with Crippen LogP contribution in [0.5, 0.6) is 28.7 Å². The Kier molecular flexibility index (Phi) is 5.24. The van der Waals surface area contributed by atoms with Crippen molar-refractivity contribution in [2.75, 3.05) is 12.9 Å². The van der Waals surface area contributed by atoms with Gasteiger partial charge in [-0.3, -0.25) is 4.79 Å². The smallest absolute Gasteiger partial charge is 0.315 e. The molecule has 0 fully saturated rings. The number of hydrogen-bond acceptors (Lipinski definition) is 9. The lowest BCUT2D eigenvalue weighted by molar-refractivity contribution is -0.137. The third kappa shape index (κ3) is 3.69. The molecule has 0 unspecified atom stereocenters. The Balaban J connectivity index is 2.03. The fraction of sp³-hybridized carbons (Fsp3) is 0.278. The van der Waals surface area contributed by atoms with E-state index in [1.807, 2.05) is 0 Å². The van der Waals surface area contributed by atoms with Crippen molar-refractivity contribution in [1.29, 1.82) is 0 Å². The number of ether oxygens (including phenoxy) is 2. The lowest BCUT2D eigenvalue weighted by atomic mass is 9.93. The number of rotatable bonds is 4. The van der Waals surface area contributed by atoms with Gasteiger partial charge >= 0.3 is 5.97 Å². The zero-order valence-electron chi connectivity index (χ0n) is 14.2. The minimum Gasteiger partial charge on any atom is -0.508 e. The van der Waals surface area contributed by atoms with Crippen LogP contribution in [0.3, 0.4) is 0 Å². The fourth-order valence-electron chi connectivity index (χ4n) is 2.90. The first-order valence-corrected chi connectivity index (χ1v) is 8.97. The molecule has 0 spiro atoms. The minimum atomic E-state index is -1.20. The molecule has 3 rings (SSSR count). The summed E-state index contributed by atoms with van der Waals surface area (Å²) in [5.74, 6) is -1.66. The number of phenols is 4. The van der Waals surface area contributed by atoms with Crippen LogP contribution in [0.15, 0.2) is 30.3 Å². The Hall–Kier alpha value is -2.78. The Labute approximate surface area is 158 Å². The second-order valence-electron chi connectivity index (χ2n) is 5.96. The van der Waals surface area contributed by atoms with Crippen LogP contribution in [-0.4, -0.2) is 50.5 Å². The molecular weight excluding hydrogens is 376 g/mol. The van der Waals surface area contributed by atoms with Gasteiger partial charge < -0.3 is 35.0 Å². The molecule has 9 heteroatoms. The highest BCUT2D eigenvalue weighted by atomic mass is 32.2. The van der Waals surface area contributed by atoms with E-state index in [9.17, 15) is 30.3 Å². The molecule has 2 aromatic rings. The normalized spacial score (nSPS) is 21.2. The topological polar surface area (TPSA) is 137 Å². The second kappa shape index (κ2) is 7.45. The lowest BCUT2D eigenvalue weighted by Crippen LogP contribution is -2.33. The summed E-state index contributed by atoms with van der Waals surface area (Å²) in [7, 11) is 1.24.